The summed E-state index contributed by atoms with van der Waals surface area (Å²) in [5.74, 6) is 0.326. The minimum Gasteiger partial charge on any atom is -0.391 e. The number of rotatable bonds is 6. The highest BCUT2D eigenvalue weighted by molar-refractivity contribution is 7.79. The van der Waals surface area contributed by atoms with E-state index in [2.05, 4.69) is 5.32 Å². The molecule has 82 valence electrons. The largest absolute Gasteiger partial charge is 0.391 e. The lowest BCUT2D eigenvalue weighted by Gasteiger charge is -1.98. The van der Waals surface area contributed by atoms with Crippen molar-refractivity contribution in [3.8, 4) is 0 Å². The lowest BCUT2D eigenvalue weighted by atomic mass is 10.2. The second-order valence-corrected chi connectivity index (χ2v) is 4.13. The fourth-order valence-corrected chi connectivity index (χ4v) is 1.49. The summed E-state index contributed by atoms with van der Waals surface area (Å²) in [5, 5.41) is 3.06. The van der Waals surface area contributed by atoms with E-state index in [1.165, 1.54) is 0 Å². The monoisotopic (exact) mass is 225 g/mol. The van der Waals surface area contributed by atoms with Gasteiger partial charge >= 0.3 is 0 Å². The van der Waals surface area contributed by atoms with Crippen LogP contribution in [0.15, 0.2) is 36.5 Å². The molecule has 0 aromatic heterocycles. The molecule has 0 fully saturated rings. The summed E-state index contributed by atoms with van der Waals surface area (Å²) in [7, 11) is 0. The van der Waals surface area contributed by atoms with Crippen LogP contribution in [0.2, 0.25) is 0 Å². The van der Waals surface area contributed by atoms with Crippen LogP contribution in [0.3, 0.4) is 0 Å². The van der Waals surface area contributed by atoms with Gasteiger partial charge in [-0.3, -0.25) is 0 Å². The Morgan fingerprint density at radius 3 is 2.73 bits per heavy atom. The van der Waals surface area contributed by atoms with Crippen LogP contribution in [0, 0.1) is 0 Å². The van der Waals surface area contributed by atoms with Crippen molar-refractivity contribution in [2.45, 2.75) is 6.42 Å². The van der Waals surface area contributed by atoms with Gasteiger partial charge in [0.05, 0.1) is 5.75 Å². The Morgan fingerprint density at radius 2 is 2.07 bits per heavy atom. The quantitative estimate of drug-likeness (QED) is 0.574. The Kier molecular flexibility index (Phi) is 5.73. The Labute approximate surface area is 92.5 Å². The first-order chi connectivity index (χ1) is 7.29. The lowest BCUT2D eigenvalue weighted by molar-refractivity contribution is 0.561. The first kappa shape index (κ1) is 11.9. The Hall–Kier alpha value is -1.13. The summed E-state index contributed by atoms with van der Waals surface area (Å²) in [5.41, 5.74) is 1.13. The number of hydrogen-bond acceptors (Lipinski definition) is 2. The first-order valence-corrected chi connectivity index (χ1v) is 6.09. The van der Waals surface area contributed by atoms with Crippen LogP contribution in [0.4, 0.5) is 0 Å². The molecule has 0 saturated carbocycles. The predicted octanol–water partition coefficient (Wildman–Crippen LogP) is 1.86. The Bertz CT molecular complexity index is 325. The maximum absolute atomic E-state index is 10.3. The molecule has 1 atom stereocenters. The molecule has 1 aromatic carbocycles. The van der Waals surface area contributed by atoms with Crippen molar-refractivity contribution in [3.63, 3.8) is 0 Å². The molecule has 0 heterocycles. The molecular weight excluding hydrogens is 210 g/mol. The van der Waals surface area contributed by atoms with Crippen LogP contribution in [0.1, 0.15) is 12.0 Å². The van der Waals surface area contributed by atoms with Crippen molar-refractivity contribution >= 4 is 17.2 Å². The Balaban J connectivity index is 2.15. The molecule has 4 heteroatoms. The van der Waals surface area contributed by atoms with Crippen LogP contribution >= 0.6 is 0 Å². The van der Waals surface area contributed by atoms with Gasteiger partial charge in [-0.1, -0.05) is 30.3 Å². The number of nitrogens with one attached hydrogen (secondary N) is 1. The highest BCUT2D eigenvalue weighted by Crippen LogP contribution is 1.99. The van der Waals surface area contributed by atoms with Crippen molar-refractivity contribution in [1.29, 1.82) is 0 Å². The van der Waals surface area contributed by atoms with E-state index < -0.39 is 11.1 Å². The first-order valence-electron chi connectivity index (χ1n) is 4.81. The highest BCUT2D eigenvalue weighted by atomic mass is 32.2. The third-order valence-corrected chi connectivity index (χ3v) is 2.47. The van der Waals surface area contributed by atoms with E-state index in [0.717, 1.165) is 12.1 Å². The smallest absolute Gasteiger partial charge is 0.152 e. The minimum absolute atomic E-state index is 0.326. The molecule has 0 spiro atoms. The van der Waals surface area contributed by atoms with E-state index in [9.17, 15) is 4.21 Å². The standard InChI is InChI=1S/C11H15NO2S/c13-15(14)10-4-8-12-9-7-11-5-2-1-3-6-11/h1-3,5-7,9,12H,4,8,10H2,(H,13,14). The molecule has 0 radical (unpaired) electrons. The zero-order valence-electron chi connectivity index (χ0n) is 8.43. The number of benzene rings is 1. The van der Waals surface area contributed by atoms with Crippen LogP contribution in [0.5, 0.6) is 0 Å². The van der Waals surface area contributed by atoms with Gasteiger partial charge in [-0.2, -0.15) is 0 Å². The van der Waals surface area contributed by atoms with E-state index in [1.54, 1.807) is 0 Å². The maximum atomic E-state index is 10.3. The van der Waals surface area contributed by atoms with Crippen molar-refractivity contribution in [3.05, 3.63) is 42.1 Å². The van der Waals surface area contributed by atoms with E-state index in [-0.39, 0.29) is 0 Å². The topological polar surface area (TPSA) is 49.3 Å². The molecule has 0 aliphatic carbocycles. The predicted molar refractivity (Wildman–Crippen MR) is 63.7 cm³/mol. The van der Waals surface area contributed by atoms with Gasteiger partial charge in [-0.15, -0.1) is 0 Å². The highest BCUT2D eigenvalue weighted by Gasteiger charge is 1.90. The molecule has 0 saturated heterocycles. The van der Waals surface area contributed by atoms with Gasteiger partial charge in [0, 0.05) is 6.54 Å². The van der Waals surface area contributed by atoms with Gasteiger partial charge < -0.3 is 9.87 Å². The summed E-state index contributed by atoms with van der Waals surface area (Å²) < 4.78 is 18.8. The van der Waals surface area contributed by atoms with Crippen molar-refractivity contribution in [1.82, 2.24) is 5.32 Å². The van der Waals surface area contributed by atoms with Crippen molar-refractivity contribution < 1.29 is 8.76 Å². The second-order valence-electron chi connectivity index (χ2n) is 3.08. The fraction of sp³-hybridized carbons (Fsp3) is 0.273. The van der Waals surface area contributed by atoms with Gasteiger partial charge in [-0.05, 0) is 24.3 Å². The molecule has 0 bridgehead atoms. The van der Waals surface area contributed by atoms with E-state index >= 15 is 0 Å². The molecular formula is C11H15NO2S. The zero-order valence-corrected chi connectivity index (χ0v) is 9.24. The minimum atomic E-state index is -1.67. The summed E-state index contributed by atoms with van der Waals surface area (Å²) >= 11 is -1.67. The van der Waals surface area contributed by atoms with Crippen molar-refractivity contribution in [2.24, 2.45) is 0 Å². The van der Waals surface area contributed by atoms with Gasteiger partial charge in [0.25, 0.3) is 0 Å². The molecule has 0 aliphatic heterocycles. The van der Waals surface area contributed by atoms with E-state index in [1.807, 2.05) is 42.6 Å². The van der Waals surface area contributed by atoms with Gasteiger partial charge in [0.1, 0.15) is 0 Å². The van der Waals surface area contributed by atoms with Crippen LogP contribution in [0.25, 0.3) is 6.08 Å². The molecule has 3 nitrogen and oxygen atoms in total. The van der Waals surface area contributed by atoms with Crippen LogP contribution < -0.4 is 5.32 Å². The summed E-state index contributed by atoms with van der Waals surface area (Å²) in [4.78, 5) is 0. The fourth-order valence-electron chi connectivity index (χ4n) is 1.10. The van der Waals surface area contributed by atoms with Gasteiger partial charge in [-0.25, -0.2) is 4.21 Å². The maximum Gasteiger partial charge on any atom is 0.152 e. The SMILES string of the molecule is O=S(O)CCCNC=Cc1ccccc1. The normalized spacial score (nSPS) is 12.9. The van der Waals surface area contributed by atoms with E-state index in [0.29, 0.717) is 12.2 Å². The summed E-state index contributed by atoms with van der Waals surface area (Å²) in [6.45, 7) is 0.718. The summed E-state index contributed by atoms with van der Waals surface area (Å²) in [6, 6.07) is 9.96. The van der Waals surface area contributed by atoms with Gasteiger partial charge in [0.15, 0.2) is 11.1 Å². The molecule has 1 aromatic rings. The molecule has 1 rings (SSSR count). The number of hydrogen-bond donors (Lipinski definition) is 2. The van der Waals surface area contributed by atoms with E-state index in [4.69, 9.17) is 4.55 Å². The zero-order chi connectivity index (χ0) is 10.9. The summed E-state index contributed by atoms with van der Waals surface area (Å²) in [6.07, 6.45) is 4.52. The average Bonchev–Trinajstić information content (AvgIpc) is 2.24. The molecule has 1 unspecified atom stereocenters. The molecule has 0 aliphatic rings. The van der Waals surface area contributed by atoms with Crippen LogP contribution in [-0.2, 0) is 11.1 Å². The average molecular weight is 225 g/mol. The third-order valence-electron chi connectivity index (χ3n) is 1.83. The molecule has 15 heavy (non-hydrogen) atoms. The third kappa shape index (κ3) is 6.04. The van der Waals surface area contributed by atoms with Crippen LogP contribution in [-0.4, -0.2) is 21.1 Å². The molecule has 0 amide bonds. The van der Waals surface area contributed by atoms with Crippen molar-refractivity contribution in [2.75, 3.05) is 12.3 Å². The second kappa shape index (κ2) is 7.20. The van der Waals surface area contributed by atoms with Gasteiger partial charge in [0.2, 0.25) is 0 Å². The molecule has 2 N–H and O–H groups in total. The Morgan fingerprint density at radius 1 is 1.33 bits per heavy atom. The lowest BCUT2D eigenvalue weighted by Crippen LogP contribution is -2.10.